The largest absolute Gasteiger partial charge is 0.497 e. The van der Waals surface area contributed by atoms with Gasteiger partial charge in [0.05, 0.1) is 18.8 Å². The van der Waals surface area contributed by atoms with E-state index in [1.54, 1.807) is 7.11 Å². The molecule has 1 amide bonds. The van der Waals surface area contributed by atoms with Crippen LogP contribution in [0.1, 0.15) is 40.6 Å². The standard InChI is InChI=1S/C22H24N2O3/c1-15-20(16(2)27-24-15)13-14-21(25)23-22(17-7-5-4-6-8-17)18-9-11-19(26-3)12-10-18/h4-12,22H,13-14H2,1-3H3,(H,23,25). The molecule has 0 spiro atoms. The number of rotatable bonds is 7. The molecule has 1 atom stereocenters. The number of nitrogens with zero attached hydrogens (tertiary/aromatic N) is 1. The third-order valence-electron chi connectivity index (χ3n) is 4.67. The third-order valence-corrected chi connectivity index (χ3v) is 4.67. The average Bonchev–Trinajstić information content (AvgIpc) is 3.03. The Balaban J connectivity index is 1.75. The smallest absolute Gasteiger partial charge is 0.221 e. The monoisotopic (exact) mass is 364 g/mol. The number of ether oxygens (including phenoxy) is 1. The zero-order chi connectivity index (χ0) is 19.2. The number of benzene rings is 2. The second kappa shape index (κ2) is 8.54. The van der Waals surface area contributed by atoms with Crippen LogP contribution >= 0.6 is 0 Å². The first-order chi connectivity index (χ1) is 13.1. The lowest BCUT2D eigenvalue weighted by Gasteiger charge is -2.20. The summed E-state index contributed by atoms with van der Waals surface area (Å²) >= 11 is 0. The van der Waals surface area contributed by atoms with Gasteiger partial charge in [-0.2, -0.15) is 0 Å². The molecule has 0 aliphatic heterocycles. The van der Waals surface area contributed by atoms with Crippen LogP contribution in [0.3, 0.4) is 0 Å². The molecule has 0 saturated carbocycles. The molecule has 1 aromatic heterocycles. The highest BCUT2D eigenvalue weighted by molar-refractivity contribution is 5.77. The van der Waals surface area contributed by atoms with Crippen molar-refractivity contribution in [1.29, 1.82) is 0 Å². The summed E-state index contributed by atoms with van der Waals surface area (Å²) in [6.45, 7) is 3.77. The summed E-state index contributed by atoms with van der Waals surface area (Å²) in [5.74, 6) is 1.55. The topological polar surface area (TPSA) is 64.4 Å². The van der Waals surface area contributed by atoms with E-state index >= 15 is 0 Å². The molecule has 1 heterocycles. The number of aryl methyl sites for hydroxylation is 2. The SMILES string of the molecule is COc1ccc(C(NC(=O)CCc2c(C)noc2C)c2ccccc2)cc1. The Morgan fingerprint density at radius 2 is 1.74 bits per heavy atom. The Labute approximate surface area is 159 Å². The first-order valence-electron chi connectivity index (χ1n) is 8.98. The number of hydrogen-bond donors (Lipinski definition) is 1. The summed E-state index contributed by atoms with van der Waals surface area (Å²) in [7, 11) is 1.64. The lowest BCUT2D eigenvalue weighted by molar-refractivity contribution is -0.121. The van der Waals surface area contributed by atoms with E-state index in [4.69, 9.17) is 9.26 Å². The number of aromatic nitrogens is 1. The molecule has 140 valence electrons. The van der Waals surface area contributed by atoms with Crippen LogP contribution in [0.25, 0.3) is 0 Å². The number of nitrogens with one attached hydrogen (secondary N) is 1. The zero-order valence-electron chi connectivity index (χ0n) is 15.9. The first kappa shape index (κ1) is 18.7. The van der Waals surface area contributed by atoms with Crippen molar-refractivity contribution < 1.29 is 14.1 Å². The summed E-state index contributed by atoms with van der Waals surface area (Å²) in [6.07, 6.45) is 0.986. The summed E-state index contributed by atoms with van der Waals surface area (Å²) in [5.41, 5.74) is 3.89. The average molecular weight is 364 g/mol. The molecule has 5 nitrogen and oxygen atoms in total. The molecule has 0 aliphatic carbocycles. The lowest BCUT2D eigenvalue weighted by Crippen LogP contribution is -2.29. The van der Waals surface area contributed by atoms with Crippen LogP contribution < -0.4 is 10.1 Å². The van der Waals surface area contributed by atoms with Gasteiger partial charge in [0.1, 0.15) is 11.5 Å². The van der Waals surface area contributed by atoms with E-state index in [1.165, 1.54) is 0 Å². The number of carbonyl (C=O) groups is 1. The number of hydrogen-bond acceptors (Lipinski definition) is 4. The van der Waals surface area contributed by atoms with Gasteiger partial charge in [-0.05, 0) is 43.5 Å². The first-order valence-corrected chi connectivity index (χ1v) is 8.98. The van der Waals surface area contributed by atoms with Crippen LogP contribution in [0.15, 0.2) is 59.1 Å². The van der Waals surface area contributed by atoms with Crippen molar-refractivity contribution in [2.75, 3.05) is 7.11 Å². The highest BCUT2D eigenvalue weighted by atomic mass is 16.5. The fourth-order valence-electron chi connectivity index (χ4n) is 3.13. The number of carbonyl (C=O) groups excluding carboxylic acids is 1. The number of amides is 1. The van der Waals surface area contributed by atoms with E-state index in [0.29, 0.717) is 12.8 Å². The van der Waals surface area contributed by atoms with Crippen molar-refractivity contribution in [2.24, 2.45) is 0 Å². The molecule has 0 bridgehead atoms. The second-order valence-electron chi connectivity index (χ2n) is 6.49. The van der Waals surface area contributed by atoms with Gasteiger partial charge in [0.25, 0.3) is 0 Å². The molecule has 0 radical (unpaired) electrons. The predicted octanol–water partition coefficient (Wildman–Crippen LogP) is 4.14. The molecule has 0 fully saturated rings. The summed E-state index contributed by atoms with van der Waals surface area (Å²) < 4.78 is 10.4. The number of methoxy groups -OCH3 is 1. The molecule has 1 unspecified atom stereocenters. The van der Waals surface area contributed by atoms with E-state index in [9.17, 15) is 4.79 Å². The zero-order valence-corrected chi connectivity index (χ0v) is 15.9. The highest BCUT2D eigenvalue weighted by Crippen LogP contribution is 2.24. The van der Waals surface area contributed by atoms with Gasteiger partial charge in [-0.3, -0.25) is 4.79 Å². The fourth-order valence-corrected chi connectivity index (χ4v) is 3.13. The maximum atomic E-state index is 12.7. The molecule has 0 aliphatic rings. The molecule has 1 N–H and O–H groups in total. The molecule has 2 aromatic carbocycles. The van der Waals surface area contributed by atoms with Crippen molar-refractivity contribution in [2.45, 2.75) is 32.7 Å². The molecule has 3 aromatic rings. The lowest BCUT2D eigenvalue weighted by atomic mass is 9.98. The van der Waals surface area contributed by atoms with Crippen molar-refractivity contribution in [3.8, 4) is 5.75 Å². The molecule has 0 saturated heterocycles. The van der Waals surface area contributed by atoms with Crippen molar-refractivity contribution in [3.05, 3.63) is 82.7 Å². The minimum atomic E-state index is -0.214. The molecule has 27 heavy (non-hydrogen) atoms. The van der Waals surface area contributed by atoms with Gasteiger partial charge in [0, 0.05) is 12.0 Å². The van der Waals surface area contributed by atoms with Gasteiger partial charge in [-0.1, -0.05) is 47.6 Å². The Morgan fingerprint density at radius 3 is 2.33 bits per heavy atom. The van der Waals surface area contributed by atoms with Gasteiger partial charge in [0.2, 0.25) is 5.91 Å². The Morgan fingerprint density at radius 1 is 1.07 bits per heavy atom. The minimum Gasteiger partial charge on any atom is -0.497 e. The predicted molar refractivity (Wildman–Crippen MR) is 104 cm³/mol. The molecular formula is C22H24N2O3. The quantitative estimate of drug-likeness (QED) is 0.684. The van der Waals surface area contributed by atoms with Crippen LogP contribution in [0.2, 0.25) is 0 Å². The van der Waals surface area contributed by atoms with Crippen LogP contribution in [-0.2, 0) is 11.2 Å². The van der Waals surface area contributed by atoms with Crippen molar-refractivity contribution in [3.63, 3.8) is 0 Å². The Bertz CT molecular complexity index is 866. The second-order valence-corrected chi connectivity index (χ2v) is 6.49. The van der Waals surface area contributed by atoms with Crippen LogP contribution in [0, 0.1) is 13.8 Å². The molecular weight excluding hydrogens is 340 g/mol. The summed E-state index contributed by atoms with van der Waals surface area (Å²) in [5, 5.41) is 7.11. The van der Waals surface area contributed by atoms with Crippen molar-refractivity contribution >= 4 is 5.91 Å². The third kappa shape index (κ3) is 4.56. The highest BCUT2D eigenvalue weighted by Gasteiger charge is 2.18. The van der Waals surface area contributed by atoms with E-state index in [0.717, 1.165) is 33.9 Å². The normalized spacial score (nSPS) is 11.8. The van der Waals surface area contributed by atoms with Crippen LogP contribution in [0.5, 0.6) is 5.75 Å². The maximum absolute atomic E-state index is 12.7. The van der Waals surface area contributed by atoms with E-state index in [2.05, 4.69) is 10.5 Å². The Hall–Kier alpha value is -3.08. The summed E-state index contributed by atoms with van der Waals surface area (Å²) in [4.78, 5) is 12.7. The minimum absolute atomic E-state index is 0.0142. The molecule has 5 heteroatoms. The van der Waals surface area contributed by atoms with Crippen LogP contribution in [-0.4, -0.2) is 18.2 Å². The van der Waals surface area contributed by atoms with Gasteiger partial charge in [-0.15, -0.1) is 0 Å². The Kier molecular flexibility index (Phi) is 5.91. The van der Waals surface area contributed by atoms with E-state index in [1.807, 2.05) is 68.4 Å². The van der Waals surface area contributed by atoms with Gasteiger partial charge in [0.15, 0.2) is 0 Å². The van der Waals surface area contributed by atoms with Crippen LogP contribution in [0.4, 0.5) is 0 Å². The van der Waals surface area contributed by atoms with E-state index in [-0.39, 0.29) is 11.9 Å². The van der Waals surface area contributed by atoms with E-state index < -0.39 is 0 Å². The summed E-state index contributed by atoms with van der Waals surface area (Å²) in [6, 6.07) is 17.5. The van der Waals surface area contributed by atoms with Gasteiger partial charge < -0.3 is 14.6 Å². The van der Waals surface area contributed by atoms with Gasteiger partial charge in [-0.25, -0.2) is 0 Å². The fraction of sp³-hybridized carbons (Fsp3) is 0.273. The molecule has 3 rings (SSSR count). The van der Waals surface area contributed by atoms with Gasteiger partial charge >= 0.3 is 0 Å². The van der Waals surface area contributed by atoms with Crippen molar-refractivity contribution in [1.82, 2.24) is 10.5 Å². The maximum Gasteiger partial charge on any atom is 0.221 e.